The maximum Gasteiger partial charge on any atom is 0.268 e. The van der Waals surface area contributed by atoms with Gasteiger partial charge in [-0.15, -0.1) is 0 Å². The van der Waals surface area contributed by atoms with Crippen LogP contribution in [-0.2, 0) is 13.2 Å². The molecular formula is C20H15BrF3NO2. The summed E-state index contributed by atoms with van der Waals surface area (Å²) in [7, 11) is 0. The molecule has 3 rings (SSSR count). The van der Waals surface area contributed by atoms with Crippen molar-refractivity contribution in [2.45, 2.75) is 20.1 Å². The van der Waals surface area contributed by atoms with Crippen LogP contribution in [0, 0.1) is 24.4 Å². The lowest BCUT2D eigenvalue weighted by Gasteiger charge is -2.12. The Kier molecular flexibility index (Phi) is 5.70. The molecule has 0 N–H and O–H groups in total. The number of ether oxygens (including phenoxy) is 1. The van der Waals surface area contributed by atoms with Gasteiger partial charge in [0.15, 0.2) is 0 Å². The summed E-state index contributed by atoms with van der Waals surface area (Å²) in [4.78, 5) is 12.5. The SMILES string of the molecule is Cc1ccc(COc2ccn(Cc3ccc(F)cc3F)c(=O)c2Br)c(F)c1. The molecule has 1 heterocycles. The predicted octanol–water partition coefficient (Wildman–Crippen LogP) is 4.96. The number of benzene rings is 2. The van der Waals surface area contributed by atoms with Crippen LogP contribution in [0.1, 0.15) is 16.7 Å². The van der Waals surface area contributed by atoms with Gasteiger partial charge in [0.1, 0.15) is 34.3 Å². The van der Waals surface area contributed by atoms with E-state index in [9.17, 15) is 18.0 Å². The summed E-state index contributed by atoms with van der Waals surface area (Å²) in [6, 6.07) is 9.51. The normalized spacial score (nSPS) is 10.9. The first-order valence-corrected chi connectivity index (χ1v) is 8.85. The summed E-state index contributed by atoms with van der Waals surface area (Å²) < 4.78 is 47.6. The van der Waals surface area contributed by atoms with Crippen molar-refractivity contribution in [2.24, 2.45) is 0 Å². The Bertz CT molecular complexity index is 1050. The van der Waals surface area contributed by atoms with E-state index < -0.39 is 17.2 Å². The molecular weight excluding hydrogens is 423 g/mol. The second-order valence-electron chi connectivity index (χ2n) is 6.05. The van der Waals surface area contributed by atoms with Crippen LogP contribution in [0.3, 0.4) is 0 Å². The number of pyridine rings is 1. The number of aromatic nitrogens is 1. The lowest BCUT2D eigenvalue weighted by Crippen LogP contribution is -2.21. The molecule has 0 saturated heterocycles. The third-order valence-electron chi connectivity index (χ3n) is 4.02. The van der Waals surface area contributed by atoms with Crippen LogP contribution in [0.4, 0.5) is 13.2 Å². The molecule has 7 heteroatoms. The highest BCUT2D eigenvalue weighted by molar-refractivity contribution is 9.10. The van der Waals surface area contributed by atoms with Gasteiger partial charge in [-0.3, -0.25) is 4.79 Å². The zero-order valence-electron chi connectivity index (χ0n) is 14.3. The first kappa shape index (κ1) is 19.2. The Morgan fingerprint density at radius 2 is 1.70 bits per heavy atom. The Labute approximate surface area is 162 Å². The van der Waals surface area contributed by atoms with Gasteiger partial charge in [0.2, 0.25) is 0 Å². The van der Waals surface area contributed by atoms with Crippen LogP contribution in [-0.4, -0.2) is 4.57 Å². The van der Waals surface area contributed by atoms with Crippen molar-refractivity contribution in [3.63, 3.8) is 0 Å². The minimum Gasteiger partial charge on any atom is -0.487 e. The van der Waals surface area contributed by atoms with Crippen molar-refractivity contribution < 1.29 is 17.9 Å². The minimum absolute atomic E-state index is 0.0409. The summed E-state index contributed by atoms with van der Waals surface area (Å²) in [5.41, 5.74) is 0.902. The average molecular weight is 438 g/mol. The first-order chi connectivity index (χ1) is 12.8. The average Bonchev–Trinajstić information content (AvgIpc) is 2.61. The molecule has 0 bridgehead atoms. The van der Waals surface area contributed by atoms with Crippen molar-refractivity contribution in [3.05, 3.63) is 97.6 Å². The minimum atomic E-state index is -0.729. The van der Waals surface area contributed by atoms with Gasteiger partial charge in [-0.25, -0.2) is 13.2 Å². The van der Waals surface area contributed by atoms with Crippen LogP contribution in [0.15, 0.2) is 57.9 Å². The van der Waals surface area contributed by atoms with Crippen molar-refractivity contribution >= 4 is 15.9 Å². The third-order valence-corrected chi connectivity index (χ3v) is 4.75. The first-order valence-electron chi connectivity index (χ1n) is 8.06. The molecule has 0 unspecified atom stereocenters. The van der Waals surface area contributed by atoms with Crippen molar-refractivity contribution in [3.8, 4) is 5.75 Å². The van der Waals surface area contributed by atoms with E-state index in [0.29, 0.717) is 5.56 Å². The number of nitrogens with zero attached hydrogens (tertiary/aromatic N) is 1. The van der Waals surface area contributed by atoms with E-state index in [1.165, 1.54) is 29.0 Å². The van der Waals surface area contributed by atoms with Crippen LogP contribution >= 0.6 is 15.9 Å². The van der Waals surface area contributed by atoms with Gasteiger partial charge in [-0.05, 0) is 46.6 Å². The highest BCUT2D eigenvalue weighted by atomic mass is 79.9. The molecule has 3 aromatic rings. The van der Waals surface area contributed by atoms with Gasteiger partial charge in [-0.1, -0.05) is 18.2 Å². The molecule has 0 saturated carbocycles. The summed E-state index contributed by atoms with van der Waals surface area (Å²) in [5, 5.41) is 0. The summed E-state index contributed by atoms with van der Waals surface area (Å²) in [5.74, 6) is -1.55. The Hall–Kier alpha value is -2.54. The fourth-order valence-electron chi connectivity index (χ4n) is 2.52. The molecule has 0 aliphatic rings. The molecule has 0 radical (unpaired) electrons. The Balaban J connectivity index is 1.79. The Morgan fingerprint density at radius 3 is 2.41 bits per heavy atom. The second-order valence-corrected chi connectivity index (χ2v) is 6.84. The molecule has 3 nitrogen and oxygen atoms in total. The maximum absolute atomic E-state index is 13.9. The molecule has 0 amide bonds. The van der Waals surface area contributed by atoms with Gasteiger partial charge in [-0.2, -0.15) is 0 Å². The smallest absolute Gasteiger partial charge is 0.268 e. The van der Waals surface area contributed by atoms with E-state index >= 15 is 0 Å². The number of aryl methyl sites for hydroxylation is 1. The van der Waals surface area contributed by atoms with E-state index in [0.717, 1.165) is 17.7 Å². The topological polar surface area (TPSA) is 31.2 Å². The standard InChI is InChI=1S/C20H15BrF3NO2/c1-12-2-3-14(16(23)8-12)11-27-18-6-7-25(20(26)19(18)21)10-13-4-5-15(22)9-17(13)24/h2-9H,10-11H2,1H3. The fourth-order valence-corrected chi connectivity index (χ4v) is 3.00. The molecule has 0 fully saturated rings. The van der Waals surface area contributed by atoms with Gasteiger partial charge in [0, 0.05) is 23.4 Å². The van der Waals surface area contributed by atoms with E-state index in [-0.39, 0.29) is 34.8 Å². The quantitative estimate of drug-likeness (QED) is 0.564. The summed E-state index contributed by atoms with van der Waals surface area (Å²) in [6.45, 7) is 1.69. The van der Waals surface area contributed by atoms with Gasteiger partial charge < -0.3 is 9.30 Å². The third kappa shape index (κ3) is 4.42. The molecule has 1 aromatic heterocycles. The largest absolute Gasteiger partial charge is 0.487 e. The molecule has 0 spiro atoms. The summed E-state index contributed by atoms with van der Waals surface area (Å²) >= 11 is 3.17. The Morgan fingerprint density at radius 1 is 1.00 bits per heavy atom. The number of halogens is 4. The maximum atomic E-state index is 13.9. The van der Waals surface area contributed by atoms with Crippen LogP contribution < -0.4 is 10.3 Å². The number of rotatable bonds is 5. The van der Waals surface area contributed by atoms with E-state index in [4.69, 9.17) is 4.74 Å². The van der Waals surface area contributed by atoms with Crippen molar-refractivity contribution in [1.82, 2.24) is 4.57 Å². The van der Waals surface area contributed by atoms with Crippen LogP contribution in [0.25, 0.3) is 0 Å². The second kappa shape index (κ2) is 8.00. The van der Waals surface area contributed by atoms with E-state index in [2.05, 4.69) is 15.9 Å². The fraction of sp³-hybridized carbons (Fsp3) is 0.150. The molecule has 27 heavy (non-hydrogen) atoms. The zero-order chi connectivity index (χ0) is 19.6. The van der Waals surface area contributed by atoms with E-state index in [1.807, 2.05) is 0 Å². The van der Waals surface area contributed by atoms with Crippen molar-refractivity contribution in [1.29, 1.82) is 0 Å². The van der Waals surface area contributed by atoms with Gasteiger partial charge >= 0.3 is 0 Å². The molecule has 140 valence electrons. The zero-order valence-corrected chi connectivity index (χ0v) is 15.9. The molecule has 0 aliphatic carbocycles. The highest BCUT2D eigenvalue weighted by Gasteiger charge is 2.12. The predicted molar refractivity (Wildman–Crippen MR) is 99.3 cm³/mol. The highest BCUT2D eigenvalue weighted by Crippen LogP contribution is 2.23. The monoisotopic (exact) mass is 437 g/mol. The molecule has 0 aliphatic heterocycles. The lowest BCUT2D eigenvalue weighted by molar-refractivity contribution is 0.296. The molecule has 0 atom stereocenters. The number of hydrogen-bond acceptors (Lipinski definition) is 2. The van der Waals surface area contributed by atoms with Gasteiger partial charge in [0.25, 0.3) is 5.56 Å². The summed E-state index contributed by atoms with van der Waals surface area (Å²) in [6.07, 6.45) is 1.44. The molecule has 2 aromatic carbocycles. The number of hydrogen-bond donors (Lipinski definition) is 0. The van der Waals surface area contributed by atoms with Gasteiger partial charge in [0.05, 0.1) is 6.54 Å². The lowest BCUT2D eigenvalue weighted by atomic mass is 10.1. The van der Waals surface area contributed by atoms with Crippen LogP contribution in [0.2, 0.25) is 0 Å². The van der Waals surface area contributed by atoms with Crippen molar-refractivity contribution in [2.75, 3.05) is 0 Å². The van der Waals surface area contributed by atoms with Crippen LogP contribution in [0.5, 0.6) is 5.75 Å². The van der Waals surface area contributed by atoms with E-state index in [1.54, 1.807) is 19.1 Å².